The van der Waals surface area contributed by atoms with Crippen molar-refractivity contribution in [3.63, 3.8) is 0 Å². The topological polar surface area (TPSA) is 41.6 Å². The number of nitrogens with one attached hydrogen (secondary N) is 1. The zero-order chi connectivity index (χ0) is 23.2. The highest BCUT2D eigenvalue weighted by Crippen LogP contribution is 2.31. The van der Waals surface area contributed by atoms with Crippen molar-refractivity contribution in [2.45, 2.75) is 44.6 Å². The van der Waals surface area contributed by atoms with Gasteiger partial charge in [-0.2, -0.15) is 0 Å². The highest BCUT2D eigenvalue weighted by molar-refractivity contribution is 6.04. The molecule has 4 nitrogen and oxygen atoms in total. The largest absolute Gasteiger partial charge is 0.493 e. The summed E-state index contributed by atoms with van der Waals surface area (Å²) < 4.78 is 6.16. The van der Waals surface area contributed by atoms with Crippen molar-refractivity contribution < 1.29 is 9.53 Å². The lowest BCUT2D eigenvalue weighted by Gasteiger charge is -2.44. The first-order valence-corrected chi connectivity index (χ1v) is 12.7. The molecule has 2 aliphatic heterocycles. The smallest absolute Gasteiger partial charge is 0.255 e. The molecule has 0 spiro atoms. The van der Waals surface area contributed by atoms with Gasteiger partial charge >= 0.3 is 0 Å². The normalized spacial score (nSPS) is 20.4. The fraction of sp³-hybridized carbons (Fsp3) is 0.367. The third-order valence-corrected chi connectivity index (χ3v) is 7.27. The predicted octanol–water partition coefficient (Wildman–Crippen LogP) is 6.17. The summed E-state index contributed by atoms with van der Waals surface area (Å²) >= 11 is 0. The number of ether oxygens (including phenoxy) is 1. The van der Waals surface area contributed by atoms with E-state index in [2.05, 4.69) is 22.3 Å². The van der Waals surface area contributed by atoms with Crippen molar-refractivity contribution in [2.24, 2.45) is 5.92 Å². The molecule has 0 radical (unpaired) electrons. The molecule has 3 aromatic rings. The summed E-state index contributed by atoms with van der Waals surface area (Å²) in [7, 11) is 0. The number of carbonyl (C=O) groups excluding carboxylic acids is 1. The average Bonchev–Trinajstić information content (AvgIpc) is 2.89. The molecule has 0 aromatic heterocycles. The van der Waals surface area contributed by atoms with E-state index in [1.165, 1.54) is 56.3 Å². The van der Waals surface area contributed by atoms with Gasteiger partial charge in [0, 0.05) is 23.2 Å². The van der Waals surface area contributed by atoms with E-state index in [4.69, 9.17) is 4.74 Å². The second kappa shape index (κ2) is 10.9. The van der Waals surface area contributed by atoms with E-state index in [9.17, 15) is 4.79 Å². The molecule has 2 aliphatic rings. The monoisotopic (exact) mass is 454 g/mol. The molecule has 1 N–H and O–H groups in total. The van der Waals surface area contributed by atoms with Crippen LogP contribution in [-0.2, 0) is 6.42 Å². The third-order valence-electron chi connectivity index (χ3n) is 7.27. The van der Waals surface area contributed by atoms with Crippen LogP contribution in [0, 0.1) is 5.92 Å². The van der Waals surface area contributed by atoms with Crippen LogP contribution in [0.25, 0.3) is 0 Å². The fourth-order valence-electron chi connectivity index (χ4n) is 5.42. The Labute approximate surface area is 202 Å². The molecular weight excluding hydrogens is 420 g/mol. The molecule has 0 saturated carbocycles. The number of nitrogens with zero attached hydrogens (tertiary/aromatic N) is 1. The van der Waals surface area contributed by atoms with E-state index in [1.807, 2.05) is 66.7 Å². The Balaban J connectivity index is 1.12. The molecule has 3 aromatic carbocycles. The third kappa shape index (κ3) is 5.68. The zero-order valence-electron chi connectivity index (χ0n) is 19.8. The van der Waals surface area contributed by atoms with Gasteiger partial charge in [0.15, 0.2) is 0 Å². The van der Waals surface area contributed by atoms with Gasteiger partial charge in [-0.25, -0.2) is 0 Å². The van der Waals surface area contributed by atoms with Gasteiger partial charge < -0.3 is 10.1 Å². The van der Waals surface area contributed by atoms with Gasteiger partial charge in [0.05, 0.1) is 6.61 Å². The van der Waals surface area contributed by atoms with Crippen LogP contribution in [0.2, 0.25) is 0 Å². The first kappa shape index (κ1) is 22.7. The number of hydrogen-bond acceptors (Lipinski definition) is 3. The number of anilines is 1. The van der Waals surface area contributed by atoms with Gasteiger partial charge in [-0.05, 0) is 92.7 Å². The molecule has 2 unspecified atom stereocenters. The maximum atomic E-state index is 12.7. The van der Waals surface area contributed by atoms with Crippen molar-refractivity contribution in [3.8, 4) is 5.75 Å². The number of piperidine rings is 2. The van der Waals surface area contributed by atoms with Crippen LogP contribution in [0.5, 0.6) is 5.75 Å². The Morgan fingerprint density at radius 3 is 2.35 bits per heavy atom. The predicted molar refractivity (Wildman–Crippen MR) is 138 cm³/mol. The minimum Gasteiger partial charge on any atom is -0.493 e. The first-order chi connectivity index (χ1) is 16.7. The molecule has 0 bridgehead atoms. The summed E-state index contributed by atoms with van der Waals surface area (Å²) in [6.45, 7) is 3.29. The van der Waals surface area contributed by atoms with Crippen LogP contribution in [0.3, 0.4) is 0 Å². The van der Waals surface area contributed by atoms with Crippen molar-refractivity contribution in [3.05, 3.63) is 95.6 Å². The average molecular weight is 455 g/mol. The molecular formula is C30H34N2O2. The van der Waals surface area contributed by atoms with Crippen molar-refractivity contribution in [1.29, 1.82) is 0 Å². The molecule has 34 heavy (non-hydrogen) atoms. The quantitative estimate of drug-likeness (QED) is 0.464. The lowest BCUT2D eigenvalue weighted by atomic mass is 9.84. The SMILES string of the molecule is O=C(Nc1ccc(OCC2CCCN3CCCCC23)cc1)c1ccc(Cc2ccccc2)cc1. The summed E-state index contributed by atoms with van der Waals surface area (Å²) in [5.41, 5.74) is 3.90. The van der Waals surface area contributed by atoms with Gasteiger partial charge in [-0.15, -0.1) is 0 Å². The minimum atomic E-state index is -0.0977. The van der Waals surface area contributed by atoms with E-state index in [0.717, 1.165) is 24.5 Å². The molecule has 2 atom stereocenters. The minimum absolute atomic E-state index is 0.0977. The molecule has 2 heterocycles. The van der Waals surface area contributed by atoms with Crippen LogP contribution < -0.4 is 10.1 Å². The number of rotatable bonds is 7. The van der Waals surface area contributed by atoms with Gasteiger partial charge in [0.2, 0.25) is 0 Å². The van der Waals surface area contributed by atoms with Crippen molar-refractivity contribution in [2.75, 3.05) is 25.0 Å². The van der Waals surface area contributed by atoms with Crippen LogP contribution in [0.4, 0.5) is 5.69 Å². The van der Waals surface area contributed by atoms with Gasteiger partial charge in [-0.3, -0.25) is 9.69 Å². The number of fused-ring (bicyclic) bond motifs is 1. The molecule has 4 heteroatoms. The number of carbonyl (C=O) groups is 1. The van der Waals surface area contributed by atoms with Crippen LogP contribution in [-0.4, -0.2) is 36.5 Å². The summed E-state index contributed by atoms with van der Waals surface area (Å²) in [5, 5.41) is 3.00. The van der Waals surface area contributed by atoms with E-state index >= 15 is 0 Å². The van der Waals surface area contributed by atoms with Crippen molar-refractivity contribution >= 4 is 11.6 Å². The summed E-state index contributed by atoms with van der Waals surface area (Å²) in [4.78, 5) is 15.4. The van der Waals surface area contributed by atoms with Gasteiger partial charge in [0.25, 0.3) is 5.91 Å². The molecule has 176 valence electrons. The Morgan fingerprint density at radius 2 is 1.56 bits per heavy atom. The molecule has 2 fully saturated rings. The summed E-state index contributed by atoms with van der Waals surface area (Å²) in [5.74, 6) is 1.40. The number of benzene rings is 3. The fourth-order valence-corrected chi connectivity index (χ4v) is 5.42. The molecule has 5 rings (SSSR count). The Kier molecular flexibility index (Phi) is 7.25. The maximum Gasteiger partial charge on any atom is 0.255 e. The maximum absolute atomic E-state index is 12.7. The Hall–Kier alpha value is -3.11. The standard InChI is InChI=1S/C30H34N2O2/c33-30(25-13-11-24(12-14-25)21-23-7-2-1-3-8-23)31-27-15-17-28(18-16-27)34-22-26-9-6-20-32-19-5-4-10-29(26)32/h1-3,7-8,11-18,26,29H,4-6,9-10,19-22H2,(H,31,33). The molecule has 0 aliphatic carbocycles. The van der Waals surface area contributed by atoms with E-state index < -0.39 is 0 Å². The van der Waals surface area contributed by atoms with Gasteiger partial charge in [-0.1, -0.05) is 48.9 Å². The molecule has 1 amide bonds. The summed E-state index contributed by atoms with van der Waals surface area (Å²) in [6, 6.07) is 26.7. The van der Waals surface area contributed by atoms with E-state index in [0.29, 0.717) is 17.5 Å². The molecule has 2 saturated heterocycles. The highest BCUT2D eigenvalue weighted by atomic mass is 16.5. The second-order valence-electron chi connectivity index (χ2n) is 9.65. The number of hydrogen-bond donors (Lipinski definition) is 1. The van der Waals surface area contributed by atoms with Crippen LogP contribution in [0.15, 0.2) is 78.9 Å². The highest BCUT2D eigenvalue weighted by Gasteiger charge is 2.33. The van der Waals surface area contributed by atoms with E-state index in [-0.39, 0.29) is 5.91 Å². The van der Waals surface area contributed by atoms with Crippen LogP contribution >= 0.6 is 0 Å². The Morgan fingerprint density at radius 1 is 0.824 bits per heavy atom. The van der Waals surface area contributed by atoms with Crippen LogP contribution in [0.1, 0.15) is 53.6 Å². The van der Waals surface area contributed by atoms with Gasteiger partial charge in [0.1, 0.15) is 5.75 Å². The lowest BCUT2D eigenvalue weighted by Crippen LogP contribution is -2.49. The first-order valence-electron chi connectivity index (χ1n) is 12.7. The Bertz CT molecular complexity index is 1060. The second-order valence-corrected chi connectivity index (χ2v) is 9.65. The lowest BCUT2D eigenvalue weighted by molar-refractivity contribution is 0.0366. The van der Waals surface area contributed by atoms with Crippen molar-refractivity contribution in [1.82, 2.24) is 4.90 Å². The number of amides is 1. The summed E-state index contributed by atoms with van der Waals surface area (Å²) in [6.07, 6.45) is 7.41. The zero-order valence-corrected chi connectivity index (χ0v) is 19.8. The van der Waals surface area contributed by atoms with E-state index in [1.54, 1.807) is 0 Å².